The quantitative estimate of drug-likeness (QED) is 0.0282. The Kier molecular flexibility index (Phi) is 38.6. The molecule has 137 heavy (non-hydrogen) atoms. The summed E-state index contributed by atoms with van der Waals surface area (Å²) in [5, 5.41) is 26.4. The van der Waals surface area contributed by atoms with Gasteiger partial charge in [0.2, 0.25) is 17.7 Å². The molecule has 0 unspecified atom stereocenters. The number of carboxylic acid groups (broad SMARTS) is 2. The highest BCUT2D eigenvalue weighted by atomic mass is 79.9. The number of nitrogens with zero attached hydrogens (tertiary/aromatic N) is 12. The number of carbonyl (C=O) groups excluding carboxylic acids is 8. The molecule has 7 aromatic rings. The molecule has 0 radical (unpaired) electrons. The van der Waals surface area contributed by atoms with E-state index in [1.807, 2.05) is 168 Å². The molecule has 10 fully saturated rings. The number of H-pyrrole nitrogens is 5. The van der Waals surface area contributed by atoms with Gasteiger partial charge in [0, 0.05) is 57.5 Å². The van der Waals surface area contributed by atoms with E-state index in [9.17, 15) is 53.1 Å². The lowest BCUT2D eigenvalue weighted by atomic mass is 9.90. The summed E-state index contributed by atoms with van der Waals surface area (Å²) in [7, 11) is 3.90. The second-order valence-corrected chi connectivity index (χ2v) is 42.4. The molecule has 2 aromatic carbocycles. The fourth-order valence-electron chi connectivity index (χ4n) is 18.6. The second-order valence-electron chi connectivity index (χ2n) is 38.1. The molecule has 10 N–H and O–H groups in total. The number of carbonyl (C=O) groups is 10. The number of ether oxygens (including phenoxy) is 6. The number of halogens is 5. The molecule has 38 nitrogen and oxygen atoms in total. The third-order valence-corrected chi connectivity index (χ3v) is 27.6. The number of carboxylic acids is 2. The standard InChI is InChI=1S/C17H23BrN4O4.C15H21BrN4O3.C14H21BrN4O3.C13H18BrN3O2.C12H18BrN3O2.C12H17NO2.C11H13NO2/c1-25-17(24)21-14(9-2-4-26-5-3-9)16(23)22-11-6-10(11)7-12(22)15-19-8-13(18)20-15;1-7(2)12(19-15(22)23-3)14(21)20-9-4-8(9)5-10(20)13-17-6-11(16)18-13;1-8(2)11(18-14(21)22-3)13(20)19-6-4-5-9(19)12-16-7-10(15)17-12;1-13(2,3)19-12(18)17-8-4-7(8)5-9(17)11-15-6-10(14)16-11;1-12(2,3)18-11(17)16-6-4-5-8(16)10-14-7-9(13)15-10;1-3-13(4-2)11(12(14)15)10-8-6-5-7-9-10;13-11(14)10(12-7-4-8-12)9-5-2-1-3-6-9/h8-12,14H,2-7H2,1H3,(H,19,20)(H,21,24);6-10,12H,4-5H2,1-3H3,(H,17,18)(H,19,22);7-9,11H,4-6H2,1-3H3,(H,16,17)(H,18,21);6-9H,4-5H2,1-3H3,(H,15,16);7-8H,4-6H2,1-3H3,(H,14,15);5-9,11H,3-4H2,1-2H3,(H,14,15);1-3,5-6,10H,4,7-8H2,(H,13,14)/t10-,11-,12+,14+;8-,9-,10+,12+;9-,11-;7-,8-,9+;8-;11-;10-/m1101011/s1. The smallest absolute Gasteiger partial charge is 0.411 e. The van der Waals surface area contributed by atoms with Crippen LogP contribution < -0.4 is 16.0 Å². The van der Waals surface area contributed by atoms with Crippen molar-refractivity contribution in [2.45, 2.75) is 256 Å². The van der Waals surface area contributed by atoms with Crippen molar-refractivity contribution in [2.24, 2.45) is 35.5 Å². The van der Waals surface area contributed by atoms with Crippen LogP contribution in [0.15, 0.2) is 115 Å². The fourth-order valence-corrected chi connectivity index (χ4v) is 20.1. The van der Waals surface area contributed by atoms with E-state index in [0.717, 1.165) is 179 Å². The van der Waals surface area contributed by atoms with Gasteiger partial charge in [-0.05, 0) is 264 Å². The summed E-state index contributed by atoms with van der Waals surface area (Å²) in [6.07, 6.45) is 18.5. The minimum absolute atomic E-state index is 0.00819. The first kappa shape index (κ1) is 108. The molecule has 43 heteroatoms. The number of imidazole rings is 5. The second kappa shape index (κ2) is 49.1. The molecule has 0 bridgehead atoms. The van der Waals surface area contributed by atoms with Gasteiger partial charge in [-0.3, -0.25) is 43.6 Å². The predicted molar refractivity (Wildman–Crippen MR) is 524 cm³/mol. The van der Waals surface area contributed by atoms with Gasteiger partial charge in [0.25, 0.3) is 0 Å². The highest BCUT2D eigenvalue weighted by Gasteiger charge is 2.59. The van der Waals surface area contributed by atoms with Crippen molar-refractivity contribution in [1.29, 1.82) is 0 Å². The van der Waals surface area contributed by atoms with Crippen molar-refractivity contribution in [3.8, 4) is 0 Å². The average molecular weight is 2230 g/mol. The Labute approximate surface area is 841 Å². The molecule has 0 spiro atoms. The number of likely N-dealkylation sites (tertiary alicyclic amines) is 6. The van der Waals surface area contributed by atoms with Crippen LogP contribution >= 0.6 is 79.6 Å². The Morgan fingerprint density at radius 1 is 0.453 bits per heavy atom. The van der Waals surface area contributed by atoms with E-state index >= 15 is 0 Å². The number of piperidine rings is 3. The molecular formula is C94H131Br5N20O18. The third kappa shape index (κ3) is 29.1. The van der Waals surface area contributed by atoms with Crippen LogP contribution in [0.4, 0.5) is 24.0 Å². The van der Waals surface area contributed by atoms with Crippen molar-refractivity contribution >= 4 is 140 Å². The van der Waals surface area contributed by atoms with Crippen molar-refractivity contribution < 1.29 is 86.6 Å². The van der Waals surface area contributed by atoms with Crippen LogP contribution in [0.1, 0.15) is 249 Å². The van der Waals surface area contributed by atoms with Crippen molar-refractivity contribution in [1.82, 2.24) is 100 Å². The van der Waals surface area contributed by atoms with E-state index in [1.54, 1.807) is 40.8 Å². The SMILES string of the molecule is CC(C)(C)OC(=O)N1CCC[C@H]1c1ncc(Br)[nH]1.CC(C)(C)OC(=O)N1[C@@H]2C[C@@H]2C[C@H]1c1ncc(Br)[nH]1.CCN(CC)[C@@H](C(=O)O)c1ccccc1.COC(=O)N[C@H](C(=O)N1CCC[C@H]1c1ncc(Br)[nH]1)C(C)C.COC(=O)N[C@H](C(=O)N1[C@@H]2C[C@@H]2C[C@H]1c1ncc(Br)[nH]1)C(C)C.COC(=O)N[C@H](C(=O)N1[C@@H]2C[C@@H]2C[C@H]1c1ncc(Br)[nH]1)C1CCOCC1.O=C(O)[C@@H](c1ccccc1)N1CCC1. The number of hydrogen-bond donors (Lipinski definition) is 10. The van der Waals surface area contributed by atoms with Gasteiger partial charge < -0.3 is 94.2 Å². The molecule has 750 valence electrons. The Balaban J connectivity index is 0.000000155. The number of amides is 8. The number of aromatic amines is 5. The van der Waals surface area contributed by atoms with Crippen LogP contribution in [0.2, 0.25) is 0 Å². The number of alkyl carbamates (subject to hydrolysis) is 3. The van der Waals surface area contributed by atoms with Crippen molar-refractivity contribution in [2.75, 3.05) is 73.8 Å². The minimum Gasteiger partial charge on any atom is -0.480 e. The van der Waals surface area contributed by atoms with Crippen LogP contribution in [-0.4, -0.2) is 276 Å². The lowest BCUT2D eigenvalue weighted by Gasteiger charge is -2.36. The number of aromatic nitrogens is 10. The van der Waals surface area contributed by atoms with Gasteiger partial charge in [0.1, 0.15) is 93.5 Å². The van der Waals surface area contributed by atoms with Gasteiger partial charge in [-0.1, -0.05) is 102 Å². The molecule has 5 aromatic heterocycles. The lowest BCUT2D eigenvalue weighted by molar-refractivity contribution is -0.145. The van der Waals surface area contributed by atoms with E-state index in [0.29, 0.717) is 43.6 Å². The zero-order chi connectivity index (χ0) is 99.6. The molecule has 3 aliphatic carbocycles. The maximum Gasteiger partial charge on any atom is 0.411 e. The molecular weight excluding hydrogens is 2100 g/mol. The number of hydrogen-bond acceptors (Lipinski definition) is 23. The molecule has 7 aliphatic heterocycles. The van der Waals surface area contributed by atoms with Crippen LogP contribution in [0.25, 0.3) is 0 Å². The van der Waals surface area contributed by atoms with Gasteiger partial charge in [-0.2, -0.15) is 0 Å². The number of aliphatic carboxylic acids is 2. The Bertz CT molecular complexity index is 5170. The van der Waals surface area contributed by atoms with Crippen LogP contribution in [0.3, 0.4) is 0 Å². The summed E-state index contributed by atoms with van der Waals surface area (Å²) in [4.78, 5) is 172. The van der Waals surface area contributed by atoms with Gasteiger partial charge in [-0.25, -0.2) is 48.9 Å². The normalized spacial score (nSPS) is 23.1. The summed E-state index contributed by atoms with van der Waals surface area (Å²) in [5.74, 6) is 3.93. The topological polar surface area (TPSA) is 469 Å². The zero-order valence-electron chi connectivity index (χ0n) is 80.2. The van der Waals surface area contributed by atoms with Crippen LogP contribution in [-0.2, 0) is 52.4 Å². The summed E-state index contributed by atoms with van der Waals surface area (Å²) in [5.41, 5.74) is 0.792. The maximum atomic E-state index is 13.5. The summed E-state index contributed by atoms with van der Waals surface area (Å²) in [6, 6.07) is 16.6. The lowest BCUT2D eigenvalue weighted by Crippen LogP contribution is -2.54. The highest BCUT2D eigenvalue weighted by molar-refractivity contribution is 9.11. The number of nitrogens with one attached hydrogen (secondary N) is 8. The first-order chi connectivity index (χ1) is 65.1. The van der Waals surface area contributed by atoms with Crippen molar-refractivity contribution in [3.63, 3.8) is 0 Å². The first-order valence-corrected chi connectivity index (χ1v) is 50.7. The minimum atomic E-state index is -0.787. The fraction of sp³-hybridized carbons (Fsp3) is 0.606. The number of likely N-dealkylation sites (N-methyl/N-ethyl adjacent to an activating group) is 1. The molecule has 3 saturated carbocycles. The number of benzene rings is 2. The largest absolute Gasteiger partial charge is 0.480 e. The maximum absolute atomic E-state index is 13.5. The van der Waals surface area contributed by atoms with Gasteiger partial charge in [-0.15, -0.1) is 0 Å². The van der Waals surface area contributed by atoms with E-state index in [-0.39, 0.29) is 90.0 Å². The Morgan fingerprint density at radius 2 is 0.818 bits per heavy atom. The zero-order valence-corrected chi connectivity index (χ0v) is 88.1. The highest BCUT2D eigenvalue weighted by Crippen LogP contribution is 2.56. The van der Waals surface area contributed by atoms with Gasteiger partial charge in [0.15, 0.2) is 0 Å². The van der Waals surface area contributed by atoms with E-state index in [1.165, 1.54) is 21.3 Å². The summed E-state index contributed by atoms with van der Waals surface area (Å²) < 4.78 is 34.4. The monoisotopic (exact) mass is 2220 g/mol. The summed E-state index contributed by atoms with van der Waals surface area (Å²) in [6.45, 7) is 28.7. The molecule has 7 saturated heterocycles. The number of methoxy groups -OCH3 is 3. The van der Waals surface area contributed by atoms with E-state index < -0.39 is 71.6 Å². The number of rotatable bonds is 22. The van der Waals surface area contributed by atoms with Gasteiger partial charge in [0.05, 0.1) is 82.5 Å². The van der Waals surface area contributed by atoms with Crippen LogP contribution in [0.5, 0.6) is 0 Å². The Morgan fingerprint density at radius 3 is 1.18 bits per heavy atom. The first-order valence-electron chi connectivity index (χ1n) is 46.8. The molecule has 17 rings (SSSR count). The molecule has 16 atom stereocenters. The average Bonchev–Trinajstić information content (AvgIpc) is 1.58. The Hall–Kier alpha value is -9.53. The summed E-state index contributed by atoms with van der Waals surface area (Å²) >= 11 is 16.8. The predicted octanol–water partition coefficient (Wildman–Crippen LogP) is 16.6. The third-order valence-electron chi connectivity index (χ3n) is 25.6. The van der Waals surface area contributed by atoms with E-state index in [2.05, 4.69) is 155 Å². The van der Waals surface area contributed by atoms with Crippen molar-refractivity contribution in [3.05, 3.63) is 155 Å². The van der Waals surface area contributed by atoms with Gasteiger partial charge >= 0.3 is 42.4 Å². The molecule has 12 heterocycles. The molecule has 8 amide bonds. The number of fused-ring (bicyclic) bond motifs is 3. The van der Waals surface area contributed by atoms with Crippen LogP contribution in [0, 0.1) is 35.5 Å². The van der Waals surface area contributed by atoms with E-state index in [4.69, 9.17) is 24.1 Å². The molecule has 10 aliphatic rings.